The molecule has 2 fully saturated rings. The molecule has 1 aliphatic heterocycles. The summed E-state index contributed by atoms with van der Waals surface area (Å²) in [4.78, 5) is 38.0. The number of halogens is 1. The van der Waals surface area contributed by atoms with Gasteiger partial charge in [-0.25, -0.2) is 0 Å². The molecule has 3 rings (SSSR count). The van der Waals surface area contributed by atoms with E-state index in [-0.39, 0.29) is 18.5 Å². The van der Waals surface area contributed by atoms with Crippen LogP contribution in [-0.2, 0) is 9.59 Å². The maximum absolute atomic E-state index is 12.4. The first-order valence-electron chi connectivity index (χ1n) is 8.33. The van der Waals surface area contributed by atoms with Crippen molar-refractivity contribution < 1.29 is 14.4 Å². The third-order valence-corrected chi connectivity index (χ3v) is 5.47. The van der Waals surface area contributed by atoms with Gasteiger partial charge in [0.2, 0.25) is 5.91 Å². The van der Waals surface area contributed by atoms with Crippen molar-refractivity contribution in [3.63, 3.8) is 0 Å². The predicted molar refractivity (Wildman–Crippen MR) is 99.1 cm³/mol. The van der Waals surface area contributed by atoms with Crippen molar-refractivity contribution in [1.29, 1.82) is 0 Å². The van der Waals surface area contributed by atoms with Gasteiger partial charge in [0, 0.05) is 11.1 Å². The van der Waals surface area contributed by atoms with Crippen molar-refractivity contribution in [3.05, 3.63) is 39.8 Å². The minimum Gasteiger partial charge on any atom is -0.352 e. The van der Waals surface area contributed by atoms with Crippen molar-refractivity contribution in [3.8, 4) is 0 Å². The summed E-state index contributed by atoms with van der Waals surface area (Å²) in [5.74, 6) is -0.703. The standard InChI is InChI=1S/C18H19ClN2O3S/c19-13-8-6-12(7-9-13)10-15-17(23)21(18(24)25-15)11-16(22)20-14-4-2-1-3-5-14/h6-10,14H,1-5,11H2,(H,20,22)/b15-10+. The highest BCUT2D eigenvalue weighted by Gasteiger charge is 2.36. The quantitative estimate of drug-likeness (QED) is 0.808. The summed E-state index contributed by atoms with van der Waals surface area (Å²) in [5, 5.41) is 3.12. The zero-order chi connectivity index (χ0) is 17.8. The molecule has 5 nitrogen and oxygen atoms in total. The number of carbonyl (C=O) groups excluding carboxylic acids is 3. The zero-order valence-corrected chi connectivity index (χ0v) is 15.2. The van der Waals surface area contributed by atoms with Crippen molar-refractivity contribution in [2.75, 3.05) is 6.54 Å². The number of hydrogen-bond acceptors (Lipinski definition) is 4. The number of hydrogen-bond donors (Lipinski definition) is 1. The molecule has 132 valence electrons. The topological polar surface area (TPSA) is 66.5 Å². The van der Waals surface area contributed by atoms with E-state index in [0.29, 0.717) is 9.93 Å². The number of nitrogens with one attached hydrogen (secondary N) is 1. The van der Waals surface area contributed by atoms with Gasteiger partial charge in [-0.1, -0.05) is 43.0 Å². The van der Waals surface area contributed by atoms with Crippen molar-refractivity contribution in [2.45, 2.75) is 38.1 Å². The highest BCUT2D eigenvalue weighted by atomic mass is 35.5. The summed E-state index contributed by atoms with van der Waals surface area (Å²) in [6.45, 7) is -0.223. The summed E-state index contributed by atoms with van der Waals surface area (Å²) >= 11 is 6.70. The highest BCUT2D eigenvalue weighted by molar-refractivity contribution is 8.18. The SMILES string of the molecule is O=C(CN1C(=O)S/C(=C/c2ccc(Cl)cc2)C1=O)NC1CCCCC1. The molecule has 3 amide bonds. The average molecular weight is 379 g/mol. The third-order valence-electron chi connectivity index (χ3n) is 4.31. The Morgan fingerprint density at radius 1 is 1.20 bits per heavy atom. The largest absolute Gasteiger partial charge is 0.352 e. The predicted octanol–water partition coefficient (Wildman–Crippen LogP) is 3.83. The Labute approximate surface area is 155 Å². The Balaban J connectivity index is 1.62. The Morgan fingerprint density at radius 3 is 2.56 bits per heavy atom. The number of imide groups is 1. The Morgan fingerprint density at radius 2 is 1.88 bits per heavy atom. The van der Waals surface area contributed by atoms with Gasteiger partial charge < -0.3 is 5.32 Å². The molecule has 2 aliphatic rings. The summed E-state index contributed by atoms with van der Waals surface area (Å²) < 4.78 is 0. The molecule has 1 aromatic carbocycles. The van der Waals surface area contributed by atoms with Gasteiger partial charge in [-0.2, -0.15) is 0 Å². The molecule has 0 spiro atoms. The zero-order valence-electron chi connectivity index (χ0n) is 13.7. The van der Waals surface area contributed by atoms with Crippen LogP contribution < -0.4 is 5.32 Å². The van der Waals surface area contributed by atoms with Crippen LogP contribution >= 0.6 is 23.4 Å². The van der Waals surface area contributed by atoms with Crippen LogP contribution in [0.4, 0.5) is 4.79 Å². The number of amides is 3. The van der Waals surface area contributed by atoms with Crippen LogP contribution in [0.15, 0.2) is 29.2 Å². The van der Waals surface area contributed by atoms with E-state index in [0.717, 1.165) is 47.9 Å². The van der Waals surface area contributed by atoms with Crippen molar-refractivity contribution >= 4 is 46.5 Å². The van der Waals surface area contributed by atoms with Gasteiger partial charge in [-0.3, -0.25) is 19.3 Å². The maximum Gasteiger partial charge on any atom is 0.294 e. The number of benzene rings is 1. The van der Waals surface area contributed by atoms with E-state index in [1.165, 1.54) is 6.42 Å². The molecule has 0 bridgehead atoms. The molecule has 1 saturated carbocycles. The van der Waals surface area contributed by atoms with Crippen LogP contribution in [0.2, 0.25) is 5.02 Å². The molecule has 1 aromatic rings. The number of rotatable bonds is 4. The summed E-state index contributed by atoms with van der Waals surface area (Å²) in [6.07, 6.45) is 6.98. The van der Waals surface area contributed by atoms with Gasteiger partial charge in [0.1, 0.15) is 6.54 Å². The molecule has 1 heterocycles. The minimum absolute atomic E-state index is 0.158. The van der Waals surface area contributed by atoms with Crippen LogP contribution in [0.3, 0.4) is 0 Å². The molecular formula is C18H19ClN2O3S. The molecular weight excluding hydrogens is 360 g/mol. The van der Waals surface area contributed by atoms with Crippen LogP contribution in [0.1, 0.15) is 37.7 Å². The summed E-state index contributed by atoms with van der Waals surface area (Å²) in [5.41, 5.74) is 0.779. The van der Waals surface area contributed by atoms with E-state index in [1.54, 1.807) is 30.3 Å². The molecule has 7 heteroatoms. The number of thioether (sulfide) groups is 1. The summed E-state index contributed by atoms with van der Waals surface area (Å²) in [7, 11) is 0. The van der Waals surface area contributed by atoms with E-state index in [2.05, 4.69) is 5.32 Å². The summed E-state index contributed by atoms with van der Waals surface area (Å²) in [6, 6.07) is 7.13. The van der Waals surface area contributed by atoms with Gasteiger partial charge in [-0.05, 0) is 48.4 Å². The second-order valence-electron chi connectivity index (χ2n) is 6.22. The van der Waals surface area contributed by atoms with Gasteiger partial charge in [0.05, 0.1) is 4.91 Å². The average Bonchev–Trinajstić information content (AvgIpc) is 2.85. The Hall–Kier alpha value is -1.79. The molecule has 1 N–H and O–H groups in total. The fourth-order valence-electron chi connectivity index (χ4n) is 3.01. The molecule has 0 aromatic heterocycles. The van der Waals surface area contributed by atoms with E-state index in [4.69, 9.17) is 11.6 Å². The Kier molecular flexibility index (Phi) is 5.81. The van der Waals surface area contributed by atoms with E-state index >= 15 is 0 Å². The normalized spacial score (nSPS) is 20.4. The monoisotopic (exact) mass is 378 g/mol. The second-order valence-corrected chi connectivity index (χ2v) is 7.65. The lowest BCUT2D eigenvalue weighted by Gasteiger charge is -2.23. The van der Waals surface area contributed by atoms with E-state index in [1.807, 2.05) is 0 Å². The number of nitrogens with zero attached hydrogens (tertiary/aromatic N) is 1. The second kappa shape index (κ2) is 8.06. The number of carbonyl (C=O) groups is 3. The van der Waals surface area contributed by atoms with Crippen molar-refractivity contribution in [2.24, 2.45) is 0 Å². The van der Waals surface area contributed by atoms with Crippen LogP contribution in [0.25, 0.3) is 6.08 Å². The third kappa shape index (κ3) is 4.64. The minimum atomic E-state index is -0.427. The van der Waals surface area contributed by atoms with Crippen LogP contribution in [0.5, 0.6) is 0 Å². The fourth-order valence-corrected chi connectivity index (χ4v) is 3.97. The Bertz CT molecular complexity index is 712. The van der Waals surface area contributed by atoms with E-state index < -0.39 is 11.1 Å². The van der Waals surface area contributed by atoms with Gasteiger partial charge in [0.15, 0.2) is 0 Å². The van der Waals surface area contributed by atoms with Crippen molar-refractivity contribution in [1.82, 2.24) is 10.2 Å². The lowest BCUT2D eigenvalue weighted by Crippen LogP contribution is -2.44. The maximum atomic E-state index is 12.4. The molecule has 0 atom stereocenters. The molecule has 0 unspecified atom stereocenters. The molecule has 1 aliphatic carbocycles. The van der Waals surface area contributed by atoms with Crippen LogP contribution in [-0.4, -0.2) is 34.5 Å². The van der Waals surface area contributed by atoms with Crippen LogP contribution in [0, 0.1) is 0 Å². The first kappa shape index (κ1) is 18.0. The molecule has 1 saturated heterocycles. The highest BCUT2D eigenvalue weighted by Crippen LogP contribution is 2.32. The van der Waals surface area contributed by atoms with Gasteiger partial charge >= 0.3 is 0 Å². The first-order valence-corrected chi connectivity index (χ1v) is 9.52. The fraction of sp³-hybridized carbons (Fsp3) is 0.389. The lowest BCUT2D eigenvalue weighted by molar-refractivity contribution is -0.129. The van der Waals surface area contributed by atoms with Gasteiger partial charge in [0.25, 0.3) is 11.1 Å². The molecule has 25 heavy (non-hydrogen) atoms. The lowest BCUT2D eigenvalue weighted by atomic mass is 9.95. The van der Waals surface area contributed by atoms with E-state index in [9.17, 15) is 14.4 Å². The van der Waals surface area contributed by atoms with Gasteiger partial charge in [-0.15, -0.1) is 0 Å². The molecule has 0 radical (unpaired) electrons. The smallest absolute Gasteiger partial charge is 0.294 e. The first-order chi connectivity index (χ1) is 12.0.